The number of aliphatic hydroxyl groups is 1. The lowest BCUT2D eigenvalue weighted by atomic mass is 10.1. The van der Waals surface area contributed by atoms with E-state index in [4.69, 9.17) is 5.11 Å². The number of aliphatic carboxylic acids is 1. The van der Waals surface area contributed by atoms with Gasteiger partial charge in [0.05, 0.1) is 6.10 Å². The molecule has 0 bridgehead atoms. The minimum absolute atomic E-state index is 0.204. The van der Waals surface area contributed by atoms with Gasteiger partial charge >= 0.3 is 5.97 Å². The second kappa shape index (κ2) is 5.12. The van der Waals surface area contributed by atoms with Crippen molar-refractivity contribution in [3.63, 3.8) is 0 Å². The smallest absolute Gasteiger partial charge is 0.332 e. The van der Waals surface area contributed by atoms with Crippen LogP contribution in [0.3, 0.4) is 0 Å². The first-order valence-corrected chi connectivity index (χ1v) is 4.92. The molecule has 1 fully saturated rings. The van der Waals surface area contributed by atoms with E-state index in [-0.39, 0.29) is 6.10 Å². The molecule has 1 heterocycles. The van der Waals surface area contributed by atoms with E-state index >= 15 is 0 Å². The summed E-state index contributed by atoms with van der Waals surface area (Å²) in [5, 5.41) is 18.1. The second-order valence-corrected chi connectivity index (χ2v) is 3.63. The molecule has 0 amide bonds. The Morgan fingerprint density at radius 1 is 1.50 bits per heavy atom. The first-order valence-electron chi connectivity index (χ1n) is 4.92. The summed E-state index contributed by atoms with van der Waals surface area (Å²) in [4.78, 5) is 12.8. The molecule has 14 heavy (non-hydrogen) atoms. The van der Waals surface area contributed by atoms with Gasteiger partial charge in [-0.1, -0.05) is 6.08 Å². The molecule has 0 aromatic carbocycles. The number of likely N-dealkylation sites (tertiary alicyclic amines) is 1. The van der Waals surface area contributed by atoms with Gasteiger partial charge in [-0.15, -0.1) is 0 Å². The zero-order valence-electron chi connectivity index (χ0n) is 8.44. The standard InChI is InChI=1S/C10H17NO3/c1-2-8(10(13)14)7-11-5-3-9(12)4-6-11/h2,9,12H,3-7H2,1H3,(H,13,14)/b8-2+. The van der Waals surface area contributed by atoms with Crippen LogP contribution in [-0.2, 0) is 4.79 Å². The molecule has 0 unspecified atom stereocenters. The number of hydrogen-bond donors (Lipinski definition) is 2. The van der Waals surface area contributed by atoms with Crippen LogP contribution in [0.15, 0.2) is 11.6 Å². The van der Waals surface area contributed by atoms with Crippen molar-refractivity contribution < 1.29 is 15.0 Å². The van der Waals surface area contributed by atoms with Gasteiger partial charge in [-0.05, 0) is 19.8 Å². The van der Waals surface area contributed by atoms with E-state index < -0.39 is 5.97 Å². The van der Waals surface area contributed by atoms with Gasteiger partial charge in [0, 0.05) is 25.2 Å². The first-order chi connectivity index (χ1) is 6.63. The van der Waals surface area contributed by atoms with Crippen LogP contribution in [0, 0.1) is 0 Å². The number of carboxylic acid groups (broad SMARTS) is 1. The van der Waals surface area contributed by atoms with E-state index in [9.17, 15) is 9.90 Å². The molecule has 4 heteroatoms. The lowest BCUT2D eigenvalue weighted by Crippen LogP contribution is -2.37. The Hall–Kier alpha value is -0.870. The fourth-order valence-corrected chi connectivity index (χ4v) is 1.60. The highest BCUT2D eigenvalue weighted by molar-refractivity contribution is 5.86. The second-order valence-electron chi connectivity index (χ2n) is 3.63. The molecule has 0 aromatic rings. The van der Waals surface area contributed by atoms with E-state index in [1.807, 2.05) is 0 Å². The summed E-state index contributed by atoms with van der Waals surface area (Å²) >= 11 is 0. The highest BCUT2D eigenvalue weighted by atomic mass is 16.4. The van der Waals surface area contributed by atoms with E-state index in [0.717, 1.165) is 25.9 Å². The van der Waals surface area contributed by atoms with Crippen molar-refractivity contribution in [1.29, 1.82) is 0 Å². The van der Waals surface area contributed by atoms with Gasteiger partial charge in [0.1, 0.15) is 0 Å². The molecule has 0 saturated carbocycles. The average molecular weight is 199 g/mol. The lowest BCUT2D eigenvalue weighted by Gasteiger charge is -2.29. The molecule has 0 aromatic heterocycles. The maximum atomic E-state index is 10.7. The minimum atomic E-state index is -0.848. The van der Waals surface area contributed by atoms with Crippen molar-refractivity contribution in [3.8, 4) is 0 Å². The summed E-state index contributed by atoms with van der Waals surface area (Å²) in [6.45, 7) is 3.79. The maximum Gasteiger partial charge on any atom is 0.332 e. The van der Waals surface area contributed by atoms with Crippen LogP contribution in [0.25, 0.3) is 0 Å². The number of allylic oxidation sites excluding steroid dienone is 1. The number of rotatable bonds is 3. The summed E-state index contributed by atoms with van der Waals surface area (Å²) in [6, 6.07) is 0. The summed E-state index contributed by atoms with van der Waals surface area (Å²) < 4.78 is 0. The summed E-state index contributed by atoms with van der Waals surface area (Å²) in [6.07, 6.45) is 2.92. The molecule has 1 rings (SSSR count). The number of hydrogen-bond acceptors (Lipinski definition) is 3. The van der Waals surface area contributed by atoms with E-state index in [1.165, 1.54) is 0 Å². The van der Waals surface area contributed by atoms with Gasteiger partial charge in [0.25, 0.3) is 0 Å². The Morgan fingerprint density at radius 2 is 2.07 bits per heavy atom. The Morgan fingerprint density at radius 3 is 2.50 bits per heavy atom. The van der Waals surface area contributed by atoms with E-state index in [1.54, 1.807) is 13.0 Å². The van der Waals surface area contributed by atoms with Crippen LogP contribution in [-0.4, -0.2) is 46.8 Å². The Kier molecular flexibility index (Phi) is 4.10. The normalized spacial score (nSPS) is 21.1. The number of carbonyl (C=O) groups is 1. The van der Waals surface area contributed by atoms with Crippen LogP contribution in [0.1, 0.15) is 19.8 Å². The predicted molar refractivity (Wildman–Crippen MR) is 53.1 cm³/mol. The number of carboxylic acids is 1. The lowest BCUT2D eigenvalue weighted by molar-refractivity contribution is -0.133. The Labute approximate surface area is 83.8 Å². The van der Waals surface area contributed by atoms with Gasteiger partial charge in [-0.2, -0.15) is 0 Å². The highest BCUT2D eigenvalue weighted by Gasteiger charge is 2.19. The maximum absolute atomic E-state index is 10.7. The van der Waals surface area contributed by atoms with Crippen molar-refractivity contribution in [2.24, 2.45) is 0 Å². The third kappa shape index (κ3) is 3.12. The molecule has 2 N–H and O–H groups in total. The number of aliphatic hydroxyl groups excluding tert-OH is 1. The van der Waals surface area contributed by atoms with Gasteiger partial charge in [0.2, 0.25) is 0 Å². The van der Waals surface area contributed by atoms with E-state index in [0.29, 0.717) is 12.1 Å². The van der Waals surface area contributed by atoms with Gasteiger partial charge in [0.15, 0.2) is 0 Å². The van der Waals surface area contributed by atoms with E-state index in [2.05, 4.69) is 4.90 Å². The van der Waals surface area contributed by atoms with Crippen LogP contribution >= 0.6 is 0 Å². The summed E-state index contributed by atoms with van der Waals surface area (Å²) in [5.74, 6) is -0.848. The molecule has 1 saturated heterocycles. The quantitative estimate of drug-likeness (QED) is 0.649. The Balaban J connectivity index is 2.41. The van der Waals surface area contributed by atoms with Crippen molar-refractivity contribution in [2.45, 2.75) is 25.9 Å². The van der Waals surface area contributed by atoms with Crippen LogP contribution < -0.4 is 0 Å². The Bertz CT molecular complexity index is 230. The fraction of sp³-hybridized carbons (Fsp3) is 0.700. The van der Waals surface area contributed by atoms with Gasteiger partial charge in [-0.25, -0.2) is 4.79 Å². The highest BCUT2D eigenvalue weighted by Crippen LogP contribution is 2.11. The summed E-state index contributed by atoms with van der Waals surface area (Å²) in [5.41, 5.74) is 0.432. The monoisotopic (exact) mass is 199 g/mol. The molecule has 0 radical (unpaired) electrons. The third-order valence-corrected chi connectivity index (χ3v) is 2.57. The molecule has 0 aliphatic carbocycles. The van der Waals surface area contributed by atoms with Crippen molar-refractivity contribution >= 4 is 5.97 Å². The molecular weight excluding hydrogens is 182 g/mol. The zero-order chi connectivity index (χ0) is 10.6. The zero-order valence-corrected chi connectivity index (χ0v) is 8.44. The third-order valence-electron chi connectivity index (χ3n) is 2.57. The number of piperidine rings is 1. The molecule has 0 spiro atoms. The fourth-order valence-electron chi connectivity index (χ4n) is 1.60. The molecule has 1 aliphatic heterocycles. The largest absolute Gasteiger partial charge is 0.478 e. The first kappa shape index (κ1) is 11.2. The molecular formula is C10H17NO3. The predicted octanol–water partition coefficient (Wildman–Crippen LogP) is 0.474. The van der Waals surface area contributed by atoms with Crippen molar-refractivity contribution in [2.75, 3.05) is 19.6 Å². The van der Waals surface area contributed by atoms with Gasteiger partial charge in [-0.3, -0.25) is 4.90 Å². The minimum Gasteiger partial charge on any atom is -0.478 e. The molecule has 4 nitrogen and oxygen atoms in total. The van der Waals surface area contributed by atoms with Crippen molar-refractivity contribution in [3.05, 3.63) is 11.6 Å². The van der Waals surface area contributed by atoms with Crippen LogP contribution in [0.2, 0.25) is 0 Å². The number of nitrogens with zero attached hydrogens (tertiary/aromatic N) is 1. The summed E-state index contributed by atoms with van der Waals surface area (Å²) in [7, 11) is 0. The average Bonchev–Trinajstić information content (AvgIpc) is 2.16. The molecule has 1 aliphatic rings. The molecule has 80 valence electrons. The van der Waals surface area contributed by atoms with Crippen LogP contribution in [0.4, 0.5) is 0 Å². The van der Waals surface area contributed by atoms with Crippen LogP contribution in [0.5, 0.6) is 0 Å². The molecule has 0 atom stereocenters. The van der Waals surface area contributed by atoms with Crippen molar-refractivity contribution in [1.82, 2.24) is 4.90 Å². The SMILES string of the molecule is C/C=C(\CN1CCC(O)CC1)C(=O)O. The topological polar surface area (TPSA) is 60.8 Å². The van der Waals surface area contributed by atoms with Gasteiger partial charge < -0.3 is 10.2 Å².